The lowest BCUT2D eigenvalue weighted by Gasteiger charge is -2.05. The van der Waals surface area contributed by atoms with E-state index in [1.807, 2.05) is 0 Å². The summed E-state index contributed by atoms with van der Waals surface area (Å²) in [4.78, 5) is 22.8. The van der Waals surface area contributed by atoms with Gasteiger partial charge >= 0.3 is 11.9 Å². The molecule has 0 aliphatic heterocycles. The SMILES string of the molecule is CCCCCCCCCCCCCCCCCC(=O)Oc1cccc(C(=O)O)c1. The molecule has 0 heterocycles. The zero-order valence-corrected chi connectivity index (χ0v) is 18.3. The Hall–Kier alpha value is -1.84. The second kappa shape index (κ2) is 17.1. The van der Waals surface area contributed by atoms with E-state index in [4.69, 9.17) is 9.84 Å². The summed E-state index contributed by atoms with van der Waals surface area (Å²) in [5.74, 6) is -1.01. The first kappa shape index (κ1) is 25.2. The largest absolute Gasteiger partial charge is 0.478 e. The molecule has 1 aromatic carbocycles. The molecular formula is C25H40O4. The summed E-state index contributed by atoms with van der Waals surface area (Å²) < 4.78 is 5.22. The van der Waals surface area contributed by atoms with Crippen LogP contribution in [0.25, 0.3) is 0 Å². The lowest BCUT2D eigenvalue weighted by atomic mass is 10.0. The molecule has 0 saturated carbocycles. The van der Waals surface area contributed by atoms with Crippen LogP contribution in [0.4, 0.5) is 0 Å². The van der Waals surface area contributed by atoms with Crippen molar-refractivity contribution in [1.82, 2.24) is 0 Å². The third-order valence-corrected chi connectivity index (χ3v) is 5.30. The Labute approximate surface area is 177 Å². The van der Waals surface area contributed by atoms with Crippen molar-refractivity contribution < 1.29 is 19.4 Å². The summed E-state index contributed by atoms with van der Waals surface area (Å²) in [5, 5.41) is 8.96. The minimum atomic E-state index is -1.02. The van der Waals surface area contributed by atoms with Gasteiger partial charge in [0.05, 0.1) is 5.56 Å². The summed E-state index contributed by atoms with van der Waals surface area (Å²) >= 11 is 0. The fourth-order valence-corrected chi connectivity index (χ4v) is 3.52. The fourth-order valence-electron chi connectivity index (χ4n) is 3.52. The van der Waals surface area contributed by atoms with Gasteiger partial charge in [0.2, 0.25) is 0 Å². The van der Waals surface area contributed by atoms with E-state index >= 15 is 0 Å². The van der Waals surface area contributed by atoms with Gasteiger partial charge in [-0.15, -0.1) is 0 Å². The van der Waals surface area contributed by atoms with Gasteiger partial charge in [0.1, 0.15) is 5.75 Å². The van der Waals surface area contributed by atoms with E-state index in [2.05, 4.69) is 6.92 Å². The Bertz CT molecular complexity index is 568. The molecule has 1 aromatic rings. The lowest BCUT2D eigenvalue weighted by molar-refractivity contribution is -0.134. The number of carboxylic acid groups (broad SMARTS) is 1. The maximum absolute atomic E-state index is 11.9. The number of hydrogen-bond acceptors (Lipinski definition) is 3. The number of carbonyl (C=O) groups excluding carboxylic acids is 1. The third kappa shape index (κ3) is 13.9. The van der Waals surface area contributed by atoms with Crippen molar-refractivity contribution in [2.45, 2.75) is 110 Å². The molecule has 0 bridgehead atoms. The molecule has 164 valence electrons. The number of ether oxygens (including phenoxy) is 1. The monoisotopic (exact) mass is 404 g/mol. The van der Waals surface area contributed by atoms with Gasteiger partial charge in [-0.3, -0.25) is 4.79 Å². The molecule has 0 amide bonds. The average Bonchev–Trinajstić information content (AvgIpc) is 2.71. The number of rotatable bonds is 18. The molecular weight excluding hydrogens is 364 g/mol. The van der Waals surface area contributed by atoms with E-state index in [0.717, 1.165) is 12.8 Å². The highest BCUT2D eigenvalue weighted by Gasteiger charge is 2.08. The Balaban J connectivity index is 1.90. The predicted octanol–water partition coefficient (Wildman–Crippen LogP) is 7.55. The molecule has 4 heteroatoms. The van der Waals surface area contributed by atoms with Gasteiger partial charge in [0.25, 0.3) is 0 Å². The number of benzene rings is 1. The van der Waals surface area contributed by atoms with Crippen molar-refractivity contribution in [1.29, 1.82) is 0 Å². The van der Waals surface area contributed by atoms with Crippen molar-refractivity contribution in [3.8, 4) is 5.75 Å². The van der Waals surface area contributed by atoms with Crippen LogP contribution in [-0.2, 0) is 4.79 Å². The Kier molecular flexibility index (Phi) is 14.8. The highest BCUT2D eigenvalue weighted by molar-refractivity contribution is 5.88. The quantitative estimate of drug-likeness (QED) is 0.156. The van der Waals surface area contributed by atoms with Crippen LogP contribution in [0, 0.1) is 0 Å². The normalized spacial score (nSPS) is 10.8. The number of carboxylic acids is 1. The second-order valence-electron chi connectivity index (χ2n) is 8.01. The molecule has 0 radical (unpaired) electrons. The first-order valence-electron chi connectivity index (χ1n) is 11.7. The number of aromatic carboxylic acids is 1. The smallest absolute Gasteiger partial charge is 0.335 e. The van der Waals surface area contributed by atoms with Crippen molar-refractivity contribution >= 4 is 11.9 Å². The van der Waals surface area contributed by atoms with E-state index < -0.39 is 5.97 Å². The highest BCUT2D eigenvalue weighted by Crippen LogP contribution is 2.16. The molecule has 0 spiro atoms. The Morgan fingerprint density at radius 3 is 1.72 bits per heavy atom. The van der Waals surface area contributed by atoms with Crippen molar-refractivity contribution in [3.05, 3.63) is 29.8 Å². The van der Waals surface area contributed by atoms with Crippen LogP contribution >= 0.6 is 0 Å². The average molecular weight is 405 g/mol. The molecule has 0 fully saturated rings. The van der Waals surface area contributed by atoms with Gasteiger partial charge in [-0.05, 0) is 24.6 Å². The molecule has 1 N–H and O–H groups in total. The minimum absolute atomic E-state index is 0.127. The maximum atomic E-state index is 11.9. The molecule has 1 rings (SSSR count). The van der Waals surface area contributed by atoms with E-state index in [0.29, 0.717) is 12.2 Å². The van der Waals surface area contributed by atoms with Gasteiger partial charge in [-0.25, -0.2) is 4.79 Å². The van der Waals surface area contributed by atoms with E-state index in [-0.39, 0.29) is 11.5 Å². The van der Waals surface area contributed by atoms with E-state index in [1.165, 1.54) is 95.6 Å². The van der Waals surface area contributed by atoms with Gasteiger partial charge in [-0.2, -0.15) is 0 Å². The Morgan fingerprint density at radius 2 is 1.24 bits per heavy atom. The first-order valence-corrected chi connectivity index (χ1v) is 11.7. The fraction of sp³-hybridized carbons (Fsp3) is 0.680. The van der Waals surface area contributed by atoms with Crippen LogP contribution in [0.5, 0.6) is 5.75 Å². The van der Waals surface area contributed by atoms with Gasteiger partial charge in [-0.1, -0.05) is 103 Å². The third-order valence-electron chi connectivity index (χ3n) is 5.30. The summed E-state index contributed by atoms with van der Waals surface area (Å²) in [5.41, 5.74) is 0.127. The molecule has 4 nitrogen and oxygen atoms in total. The van der Waals surface area contributed by atoms with E-state index in [9.17, 15) is 9.59 Å². The lowest BCUT2D eigenvalue weighted by Crippen LogP contribution is -2.08. The molecule has 0 aliphatic rings. The minimum Gasteiger partial charge on any atom is -0.478 e. The van der Waals surface area contributed by atoms with Gasteiger partial charge in [0, 0.05) is 6.42 Å². The maximum Gasteiger partial charge on any atom is 0.335 e. The predicted molar refractivity (Wildman–Crippen MR) is 119 cm³/mol. The molecule has 29 heavy (non-hydrogen) atoms. The zero-order valence-electron chi connectivity index (χ0n) is 18.3. The van der Waals surface area contributed by atoms with Crippen LogP contribution < -0.4 is 4.74 Å². The van der Waals surface area contributed by atoms with Crippen molar-refractivity contribution in [3.63, 3.8) is 0 Å². The summed E-state index contributed by atoms with van der Waals surface area (Å²) in [6, 6.07) is 6.05. The molecule has 0 unspecified atom stereocenters. The van der Waals surface area contributed by atoms with Crippen LogP contribution in [0.1, 0.15) is 120 Å². The van der Waals surface area contributed by atoms with Crippen molar-refractivity contribution in [2.24, 2.45) is 0 Å². The molecule has 0 aromatic heterocycles. The second-order valence-corrected chi connectivity index (χ2v) is 8.01. The zero-order chi connectivity index (χ0) is 21.2. The summed E-state index contributed by atoms with van der Waals surface area (Å²) in [6.45, 7) is 2.26. The summed E-state index contributed by atoms with van der Waals surface area (Å²) in [7, 11) is 0. The number of hydrogen-bond donors (Lipinski definition) is 1. The highest BCUT2D eigenvalue weighted by atomic mass is 16.5. The number of unbranched alkanes of at least 4 members (excludes halogenated alkanes) is 14. The van der Waals surface area contributed by atoms with Crippen LogP contribution in [0.2, 0.25) is 0 Å². The van der Waals surface area contributed by atoms with Gasteiger partial charge < -0.3 is 9.84 Å². The molecule has 0 aliphatic carbocycles. The van der Waals surface area contributed by atoms with Crippen LogP contribution in [0.15, 0.2) is 24.3 Å². The number of esters is 1. The molecule has 0 atom stereocenters. The summed E-state index contributed by atoms with van der Waals surface area (Å²) in [6.07, 6.45) is 19.8. The topological polar surface area (TPSA) is 63.6 Å². The van der Waals surface area contributed by atoms with Crippen molar-refractivity contribution in [2.75, 3.05) is 0 Å². The van der Waals surface area contributed by atoms with E-state index in [1.54, 1.807) is 12.1 Å². The van der Waals surface area contributed by atoms with Crippen LogP contribution in [-0.4, -0.2) is 17.0 Å². The number of carbonyl (C=O) groups is 2. The van der Waals surface area contributed by atoms with Gasteiger partial charge in [0.15, 0.2) is 0 Å². The molecule has 0 saturated heterocycles. The Morgan fingerprint density at radius 1 is 0.759 bits per heavy atom. The van der Waals surface area contributed by atoms with Crippen LogP contribution in [0.3, 0.4) is 0 Å². The standard InChI is InChI=1S/C25H40O4/c1-2-3-4-5-6-7-8-9-10-11-12-13-14-15-16-20-24(26)29-23-19-17-18-22(21-23)25(27)28/h17-19,21H,2-16,20H2,1H3,(H,27,28). The first-order chi connectivity index (χ1) is 14.1.